The second kappa shape index (κ2) is 6.76. The topological polar surface area (TPSA) is 63.6 Å². The summed E-state index contributed by atoms with van der Waals surface area (Å²) in [4.78, 5) is 23.8. The number of ether oxygens (including phenoxy) is 1. The van der Waals surface area contributed by atoms with Gasteiger partial charge in [0.15, 0.2) is 5.41 Å². The zero-order chi connectivity index (χ0) is 13.6. The van der Waals surface area contributed by atoms with Crippen LogP contribution in [0.25, 0.3) is 0 Å². The molecule has 4 heteroatoms. The summed E-state index contributed by atoms with van der Waals surface area (Å²) in [6.07, 6.45) is 6.25. The molecule has 4 nitrogen and oxygen atoms in total. The molecular formula is C14H24O4. The molecule has 0 saturated heterocycles. The van der Waals surface area contributed by atoms with Crippen LogP contribution in [0.5, 0.6) is 0 Å². The maximum absolute atomic E-state index is 12.1. The van der Waals surface area contributed by atoms with Crippen LogP contribution < -0.4 is 0 Å². The number of esters is 1. The van der Waals surface area contributed by atoms with Crippen LogP contribution in [-0.2, 0) is 14.3 Å². The van der Waals surface area contributed by atoms with Crippen LogP contribution in [-0.4, -0.2) is 23.7 Å². The summed E-state index contributed by atoms with van der Waals surface area (Å²) >= 11 is 0. The van der Waals surface area contributed by atoms with E-state index < -0.39 is 17.4 Å². The van der Waals surface area contributed by atoms with Crippen LogP contribution in [0.15, 0.2) is 0 Å². The van der Waals surface area contributed by atoms with Gasteiger partial charge in [0.05, 0.1) is 6.61 Å². The maximum Gasteiger partial charge on any atom is 0.323 e. The van der Waals surface area contributed by atoms with Crippen LogP contribution in [0.2, 0.25) is 0 Å². The molecule has 1 fully saturated rings. The molecule has 18 heavy (non-hydrogen) atoms. The molecule has 1 atom stereocenters. The highest BCUT2D eigenvalue weighted by molar-refractivity contribution is 5.99. The number of rotatable bonds is 5. The van der Waals surface area contributed by atoms with Crippen molar-refractivity contribution < 1.29 is 19.4 Å². The second-order valence-corrected chi connectivity index (χ2v) is 5.04. The molecule has 1 saturated carbocycles. The zero-order valence-corrected chi connectivity index (χ0v) is 11.4. The van der Waals surface area contributed by atoms with Crippen molar-refractivity contribution in [2.24, 2.45) is 11.3 Å². The molecule has 104 valence electrons. The predicted octanol–water partition coefficient (Wildman–Crippen LogP) is 3.00. The largest absolute Gasteiger partial charge is 0.480 e. The van der Waals surface area contributed by atoms with E-state index in [0.29, 0.717) is 6.42 Å². The monoisotopic (exact) mass is 256 g/mol. The van der Waals surface area contributed by atoms with E-state index in [-0.39, 0.29) is 12.5 Å². The van der Waals surface area contributed by atoms with Gasteiger partial charge in [-0.3, -0.25) is 9.59 Å². The molecule has 0 amide bonds. The minimum Gasteiger partial charge on any atom is -0.480 e. The van der Waals surface area contributed by atoms with Crippen molar-refractivity contribution in [3.63, 3.8) is 0 Å². The lowest BCUT2D eigenvalue weighted by molar-refractivity contribution is -0.174. The number of carbonyl (C=O) groups is 2. The normalized spacial score (nSPS) is 20.8. The molecular weight excluding hydrogens is 232 g/mol. The summed E-state index contributed by atoms with van der Waals surface area (Å²) in [5, 5.41) is 9.56. The first-order valence-corrected chi connectivity index (χ1v) is 7.00. The number of aliphatic carboxylic acids is 1. The van der Waals surface area contributed by atoms with E-state index in [1.54, 1.807) is 13.8 Å². The highest BCUT2D eigenvalue weighted by Crippen LogP contribution is 2.41. The maximum atomic E-state index is 12.1. The first-order valence-electron chi connectivity index (χ1n) is 7.00. The summed E-state index contributed by atoms with van der Waals surface area (Å²) in [5.41, 5.74) is -1.33. The van der Waals surface area contributed by atoms with Crippen LogP contribution >= 0.6 is 0 Å². The van der Waals surface area contributed by atoms with Crippen molar-refractivity contribution in [3.8, 4) is 0 Å². The molecule has 0 aromatic heterocycles. The van der Waals surface area contributed by atoms with Gasteiger partial charge in [0, 0.05) is 0 Å². The molecule has 0 spiro atoms. The van der Waals surface area contributed by atoms with Crippen molar-refractivity contribution in [2.75, 3.05) is 6.61 Å². The molecule has 0 bridgehead atoms. The van der Waals surface area contributed by atoms with Crippen LogP contribution in [0.4, 0.5) is 0 Å². The van der Waals surface area contributed by atoms with Crippen molar-refractivity contribution >= 4 is 11.9 Å². The van der Waals surface area contributed by atoms with Crippen molar-refractivity contribution in [2.45, 2.75) is 58.8 Å². The Morgan fingerprint density at radius 1 is 1.17 bits per heavy atom. The van der Waals surface area contributed by atoms with E-state index in [9.17, 15) is 14.7 Å². The molecule has 1 rings (SSSR count). The number of hydrogen-bond acceptors (Lipinski definition) is 3. The minimum absolute atomic E-state index is 0.0819. The van der Waals surface area contributed by atoms with E-state index in [0.717, 1.165) is 38.5 Å². The summed E-state index contributed by atoms with van der Waals surface area (Å²) < 4.78 is 5.03. The summed E-state index contributed by atoms with van der Waals surface area (Å²) in [6.45, 7) is 3.73. The fraction of sp³-hybridized carbons (Fsp3) is 0.857. The Bertz CT molecular complexity index is 292. The van der Waals surface area contributed by atoms with Crippen molar-refractivity contribution in [1.29, 1.82) is 0 Å². The molecule has 0 aromatic carbocycles. The van der Waals surface area contributed by atoms with Gasteiger partial charge in [-0.25, -0.2) is 0 Å². The average Bonchev–Trinajstić information content (AvgIpc) is 2.60. The highest BCUT2D eigenvalue weighted by atomic mass is 16.5. The molecule has 0 aromatic rings. The van der Waals surface area contributed by atoms with Gasteiger partial charge in [0.2, 0.25) is 0 Å². The van der Waals surface area contributed by atoms with Gasteiger partial charge in [-0.05, 0) is 32.1 Å². The Balaban J connectivity index is 3.00. The van der Waals surface area contributed by atoms with Gasteiger partial charge in [-0.15, -0.1) is 0 Å². The molecule has 1 aliphatic carbocycles. The number of carboxylic acids is 1. The molecule has 1 aliphatic rings. The molecule has 1 N–H and O–H groups in total. The van der Waals surface area contributed by atoms with E-state index in [1.165, 1.54) is 0 Å². The first-order chi connectivity index (χ1) is 8.59. The first kappa shape index (κ1) is 15.0. The van der Waals surface area contributed by atoms with E-state index in [4.69, 9.17) is 4.74 Å². The Morgan fingerprint density at radius 3 is 2.11 bits per heavy atom. The lowest BCUT2D eigenvalue weighted by Crippen LogP contribution is -2.46. The minimum atomic E-state index is -1.33. The van der Waals surface area contributed by atoms with Gasteiger partial charge in [-0.1, -0.05) is 32.6 Å². The van der Waals surface area contributed by atoms with E-state index in [2.05, 4.69) is 0 Å². The average molecular weight is 256 g/mol. The zero-order valence-electron chi connectivity index (χ0n) is 11.4. The quantitative estimate of drug-likeness (QED) is 0.466. The van der Waals surface area contributed by atoms with E-state index in [1.807, 2.05) is 0 Å². The van der Waals surface area contributed by atoms with Crippen molar-refractivity contribution in [3.05, 3.63) is 0 Å². The predicted molar refractivity (Wildman–Crippen MR) is 68.2 cm³/mol. The Labute approximate surface area is 109 Å². The second-order valence-electron chi connectivity index (χ2n) is 5.04. The fourth-order valence-corrected chi connectivity index (χ4v) is 3.04. The van der Waals surface area contributed by atoms with Crippen LogP contribution in [0.3, 0.4) is 0 Å². The third-order valence-corrected chi connectivity index (χ3v) is 4.13. The standard InChI is InChI=1S/C14H24O4/c1-3-14(12(15)16,13(17)18-4-2)11-9-7-5-6-8-10-11/h11H,3-10H2,1-2H3,(H,15,16). The lowest BCUT2D eigenvalue weighted by atomic mass is 9.70. The summed E-state index contributed by atoms with van der Waals surface area (Å²) in [6, 6.07) is 0. The highest BCUT2D eigenvalue weighted by Gasteiger charge is 2.51. The summed E-state index contributed by atoms with van der Waals surface area (Å²) in [7, 11) is 0. The molecule has 0 radical (unpaired) electrons. The number of hydrogen-bond donors (Lipinski definition) is 1. The SMILES string of the molecule is CCOC(=O)C(CC)(C(=O)O)C1CCCCCC1. The third kappa shape index (κ3) is 2.85. The van der Waals surface area contributed by atoms with Crippen LogP contribution in [0.1, 0.15) is 58.8 Å². The molecule has 1 unspecified atom stereocenters. The summed E-state index contributed by atoms with van der Waals surface area (Å²) in [5.74, 6) is -1.65. The lowest BCUT2D eigenvalue weighted by Gasteiger charge is -2.33. The van der Waals surface area contributed by atoms with Gasteiger partial charge in [-0.2, -0.15) is 0 Å². The number of carboxylic acid groups (broad SMARTS) is 1. The van der Waals surface area contributed by atoms with Crippen molar-refractivity contribution in [1.82, 2.24) is 0 Å². The van der Waals surface area contributed by atoms with Crippen LogP contribution in [0, 0.1) is 11.3 Å². The van der Waals surface area contributed by atoms with E-state index >= 15 is 0 Å². The molecule has 0 aliphatic heterocycles. The third-order valence-electron chi connectivity index (χ3n) is 4.13. The Morgan fingerprint density at radius 2 is 1.72 bits per heavy atom. The van der Waals surface area contributed by atoms with Gasteiger partial charge >= 0.3 is 11.9 Å². The smallest absolute Gasteiger partial charge is 0.323 e. The fourth-order valence-electron chi connectivity index (χ4n) is 3.04. The molecule has 0 heterocycles. The van der Waals surface area contributed by atoms with Gasteiger partial charge < -0.3 is 9.84 Å². The number of carbonyl (C=O) groups excluding carboxylic acids is 1. The van der Waals surface area contributed by atoms with Gasteiger partial charge in [0.25, 0.3) is 0 Å². The van der Waals surface area contributed by atoms with Gasteiger partial charge in [0.1, 0.15) is 0 Å². The Hall–Kier alpha value is -1.06. The Kier molecular flexibility index (Phi) is 5.63.